The lowest BCUT2D eigenvalue weighted by atomic mass is 10.1. The molecule has 2 rings (SSSR count). The average molecular weight is 325 g/mol. The van der Waals surface area contributed by atoms with Crippen LogP contribution in [0.4, 0.5) is 0 Å². The van der Waals surface area contributed by atoms with Crippen LogP contribution >= 0.6 is 22.9 Å². The van der Waals surface area contributed by atoms with Crippen LogP contribution in [0.2, 0.25) is 5.02 Å². The van der Waals surface area contributed by atoms with Crippen LogP contribution in [0.15, 0.2) is 29.6 Å². The third kappa shape index (κ3) is 4.03. The normalized spacial score (nSPS) is 12.6. The number of nitrogens with zero attached hydrogens (tertiary/aromatic N) is 2. The van der Waals surface area contributed by atoms with E-state index >= 15 is 0 Å². The van der Waals surface area contributed by atoms with Gasteiger partial charge in [0, 0.05) is 16.9 Å². The highest BCUT2D eigenvalue weighted by atomic mass is 35.5. The Bertz CT molecular complexity index is 630. The molecule has 1 N–H and O–H groups in total. The maximum Gasteiger partial charge on any atom is 0.325 e. The molecule has 0 saturated carbocycles. The average Bonchev–Trinajstić information content (AvgIpc) is 2.86. The molecule has 4 nitrogen and oxygen atoms in total. The van der Waals surface area contributed by atoms with Crippen molar-refractivity contribution in [2.75, 3.05) is 7.05 Å². The highest BCUT2D eigenvalue weighted by Crippen LogP contribution is 2.24. The molecule has 1 aromatic carbocycles. The van der Waals surface area contributed by atoms with Gasteiger partial charge in [-0.05, 0) is 31.2 Å². The van der Waals surface area contributed by atoms with Crippen molar-refractivity contribution in [1.29, 1.82) is 0 Å². The first-order valence-electron chi connectivity index (χ1n) is 6.63. The number of aromatic nitrogens is 1. The molecule has 1 unspecified atom stereocenters. The number of benzene rings is 1. The Balaban J connectivity index is 2.19. The van der Waals surface area contributed by atoms with Crippen LogP contribution in [0.3, 0.4) is 0 Å². The van der Waals surface area contributed by atoms with E-state index in [0.29, 0.717) is 17.1 Å². The Hall–Kier alpha value is -1.43. The van der Waals surface area contributed by atoms with Gasteiger partial charge in [0.05, 0.1) is 10.7 Å². The summed E-state index contributed by atoms with van der Waals surface area (Å²) in [6, 6.07) is 6.22. The van der Waals surface area contributed by atoms with E-state index < -0.39 is 12.0 Å². The second-order valence-electron chi connectivity index (χ2n) is 4.80. The van der Waals surface area contributed by atoms with E-state index in [0.717, 1.165) is 17.1 Å². The van der Waals surface area contributed by atoms with Crippen molar-refractivity contribution in [2.24, 2.45) is 0 Å². The molecule has 0 aliphatic rings. The predicted octanol–water partition coefficient (Wildman–Crippen LogP) is 3.62. The zero-order valence-electron chi connectivity index (χ0n) is 11.9. The fourth-order valence-electron chi connectivity index (χ4n) is 2.19. The van der Waals surface area contributed by atoms with Crippen molar-refractivity contribution >= 4 is 28.9 Å². The minimum absolute atomic E-state index is 0.486. The second-order valence-corrected chi connectivity index (χ2v) is 6.18. The SMILES string of the molecule is CCc1nc(CN(C)C(C(=O)O)c2cccc(Cl)c2)cs1. The third-order valence-electron chi connectivity index (χ3n) is 3.15. The number of carbonyl (C=O) groups is 1. The predicted molar refractivity (Wildman–Crippen MR) is 84.8 cm³/mol. The van der Waals surface area contributed by atoms with Crippen LogP contribution in [-0.4, -0.2) is 28.0 Å². The van der Waals surface area contributed by atoms with Gasteiger partial charge in [-0.15, -0.1) is 11.3 Å². The fraction of sp³-hybridized carbons (Fsp3) is 0.333. The molecule has 1 aromatic heterocycles. The summed E-state index contributed by atoms with van der Waals surface area (Å²) in [4.78, 5) is 17.8. The van der Waals surface area contributed by atoms with E-state index in [2.05, 4.69) is 11.9 Å². The minimum Gasteiger partial charge on any atom is -0.480 e. The lowest BCUT2D eigenvalue weighted by Gasteiger charge is -2.24. The molecular weight excluding hydrogens is 308 g/mol. The van der Waals surface area contributed by atoms with Gasteiger partial charge >= 0.3 is 5.97 Å². The number of aliphatic carboxylic acids is 1. The summed E-state index contributed by atoms with van der Waals surface area (Å²) in [6.45, 7) is 2.54. The summed E-state index contributed by atoms with van der Waals surface area (Å²) in [5, 5.41) is 13.1. The molecule has 1 heterocycles. The van der Waals surface area contributed by atoms with E-state index in [1.54, 1.807) is 47.5 Å². The lowest BCUT2D eigenvalue weighted by Crippen LogP contribution is -2.30. The number of thiazole rings is 1. The number of hydrogen-bond acceptors (Lipinski definition) is 4. The molecule has 21 heavy (non-hydrogen) atoms. The van der Waals surface area contributed by atoms with E-state index in [1.807, 2.05) is 5.38 Å². The topological polar surface area (TPSA) is 53.4 Å². The van der Waals surface area contributed by atoms with Gasteiger partial charge in [-0.1, -0.05) is 30.7 Å². The number of aryl methyl sites for hydroxylation is 1. The van der Waals surface area contributed by atoms with Crippen molar-refractivity contribution in [3.05, 3.63) is 50.9 Å². The molecule has 0 spiro atoms. The largest absolute Gasteiger partial charge is 0.480 e. The summed E-state index contributed by atoms with van der Waals surface area (Å²) in [6.07, 6.45) is 0.894. The van der Waals surface area contributed by atoms with E-state index in [-0.39, 0.29) is 0 Å². The van der Waals surface area contributed by atoms with E-state index in [1.165, 1.54) is 0 Å². The first-order chi connectivity index (χ1) is 10.0. The highest BCUT2D eigenvalue weighted by Gasteiger charge is 2.25. The van der Waals surface area contributed by atoms with Gasteiger partial charge < -0.3 is 5.11 Å². The van der Waals surface area contributed by atoms with E-state index in [4.69, 9.17) is 11.6 Å². The summed E-state index contributed by atoms with van der Waals surface area (Å²) in [5.74, 6) is -0.897. The quantitative estimate of drug-likeness (QED) is 0.881. The monoisotopic (exact) mass is 324 g/mol. The zero-order valence-corrected chi connectivity index (χ0v) is 13.5. The number of carboxylic acids is 1. The van der Waals surface area contributed by atoms with Gasteiger partial charge in [0.15, 0.2) is 0 Å². The molecule has 2 aromatic rings. The molecule has 0 aliphatic carbocycles. The number of rotatable bonds is 6. The molecule has 0 fully saturated rings. The van der Waals surface area contributed by atoms with E-state index in [9.17, 15) is 9.90 Å². The maximum absolute atomic E-state index is 11.6. The van der Waals surface area contributed by atoms with Gasteiger partial charge in [-0.25, -0.2) is 4.98 Å². The summed E-state index contributed by atoms with van der Waals surface area (Å²) >= 11 is 7.56. The van der Waals surface area contributed by atoms with Crippen LogP contribution in [0.5, 0.6) is 0 Å². The number of carboxylic acid groups (broad SMARTS) is 1. The van der Waals surface area contributed by atoms with Crippen molar-refractivity contribution in [2.45, 2.75) is 25.9 Å². The first-order valence-corrected chi connectivity index (χ1v) is 7.88. The first kappa shape index (κ1) is 15.9. The van der Waals surface area contributed by atoms with Gasteiger partial charge in [-0.2, -0.15) is 0 Å². The summed E-state index contributed by atoms with van der Waals surface area (Å²) in [7, 11) is 1.78. The number of likely N-dealkylation sites (N-methyl/N-ethyl adjacent to an activating group) is 1. The van der Waals surface area contributed by atoms with Crippen LogP contribution in [0.1, 0.15) is 29.2 Å². The third-order valence-corrected chi connectivity index (χ3v) is 4.43. The molecule has 112 valence electrons. The molecule has 6 heteroatoms. The van der Waals surface area contributed by atoms with Crippen molar-refractivity contribution in [3.63, 3.8) is 0 Å². The lowest BCUT2D eigenvalue weighted by molar-refractivity contribution is -0.143. The molecular formula is C15H17ClN2O2S. The van der Waals surface area contributed by atoms with Gasteiger partial charge in [0.1, 0.15) is 6.04 Å². The molecule has 0 amide bonds. The van der Waals surface area contributed by atoms with Crippen LogP contribution in [0.25, 0.3) is 0 Å². The fourth-order valence-corrected chi connectivity index (χ4v) is 3.13. The van der Waals surface area contributed by atoms with Crippen LogP contribution in [-0.2, 0) is 17.8 Å². The number of halogens is 1. The molecule has 0 bridgehead atoms. The summed E-state index contributed by atoms with van der Waals surface area (Å²) in [5.41, 5.74) is 1.57. The van der Waals surface area contributed by atoms with Gasteiger partial charge in [-0.3, -0.25) is 9.69 Å². The molecule has 1 atom stereocenters. The minimum atomic E-state index is -0.897. The van der Waals surface area contributed by atoms with Crippen LogP contribution < -0.4 is 0 Å². The van der Waals surface area contributed by atoms with Gasteiger partial charge in [0.2, 0.25) is 0 Å². The Morgan fingerprint density at radius 3 is 2.86 bits per heavy atom. The Labute approximate surface area is 133 Å². The van der Waals surface area contributed by atoms with Crippen LogP contribution in [0, 0.1) is 0 Å². The summed E-state index contributed by atoms with van der Waals surface area (Å²) < 4.78 is 0. The highest BCUT2D eigenvalue weighted by molar-refractivity contribution is 7.09. The van der Waals surface area contributed by atoms with Crippen molar-refractivity contribution in [3.8, 4) is 0 Å². The van der Waals surface area contributed by atoms with Crippen molar-refractivity contribution < 1.29 is 9.90 Å². The maximum atomic E-state index is 11.6. The second kappa shape index (κ2) is 7.02. The molecule has 0 aliphatic heterocycles. The number of hydrogen-bond donors (Lipinski definition) is 1. The Kier molecular flexibility index (Phi) is 5.33. The standard InChI is InChI=1S/C15H17ClN2O2S/c1-3-13-17-12(9-21-13)8-18(2)14(15(19)20)10-5-4-6-11(16)7-10/h4-7,9,14H,3,8H2,1-2H3,(H,19,20). The Morgan fingerprint density at radius 1 is 1.52 bits per heavy atom. The molecule has 0 saturated heterocycles. The van der Waals surface area contributed by atoms with Crippen molar-refractivity contribution in [1.82, 2.24) is 9.88 Å². The van der Waals surface area contributed by atoms with Gasteiger partial charge in [0.25, 0.3) is 0 Å². The molecule has 0 radical (unpaired) electrons. The smallest absolute Gasteiger partial charge is 0.325 e. The Morgan fingerprint density at radius 2 is 2.29 bits per heavy atom. The zero-order chi connectivity index (χ0) is 15.4.